The van der Waals surface area contributed by atoms with Gasteiger partial charge in [0.1, 0.15) is 17.5 Å². The van der Waals surface area contributed by atoms with Crippen molar-refractivity contribution in [3.05, 3.63) is 54.6 Å². The van der Waals surface area contributed by atoms with Crippen molar-refractivity contribution in [3.63, 3.8) is 0 Å². The third-order valence-corrected chi connectivity index (χ3v) is 3.65. The Balaban J connectivity index is 2.13. The van der Waals surface area contributed by atoms with Crippen LogP contribution in [0.15, 0.2) is 49.1 Å². The number of carbonyl (C=O) groups is 1. The van der Waals surface area contributed by atoms with Crippen LogP contribution in [0, 0.1) is 0 Å². The maximum Gasteiger partial charge on any atom is 0.250 e. The first-order chi connectivity index (χ1) is 10.8. The quantitative estimate of drug-likeness (QED) is 0.591. The van der Waals surface area contributed by atoms with Crippen molar-refractivity contribution < 1.29 is 4.79 Å². The van der Waals surface area contributed by atoms with Gasteiger partial charge in [-0.05, 0) is 10.8 Å². The van der Waals surface area contributed by atoms with Crippen molar-refractivity contribution in [1.82, 2.24) is 19.9 Å². The molecule has 0 spiro atoms. The molecule has 0 atom stereocenters. The Hall–Kier alpha value is -3.28. The summed E-state index contributed by atoms with van der Waals surface area (Å²) in [5.74, 6) is -0.492. The third kappa shape index (κ3) is 1.74. The second kappa shape index (κ2) is 4.63. The predicted octanol–water partition coefficient (Wildman–Crippen LogP) is 2.27. The zero-order valence-electron chi connectivity index (χ0n) is 11.4. The first-order valence-electron chi connectivity index (χ1n) is 6.71. The fourth-order valence-electron chi connectivity index (χ4n) is 2.70. The van der Waals surface area contributed by atoms with Crippen LogP contribution in [-0.4, -0.2) is 25.8 Å². The molecule has 2 aromatic carbocycles. The van der Waals surface area contributed by atoms with Crippen LogP contribution in [0.1, 0.15) is 10.4 Å². The van der Waals surface area contributed by atoms with Crippen molar-refractivity contribution >= 4 is 27.8 Å². The smallest absolute Gasteiger partial charge is 0.250 e. The third-order valence-electron chi connectivity index (χ3n) is 3.65. The number of benzene rings is 2. The first kappa shape index (κ1) is 12.5. The van der Waals surface area contributed by atoms with Crippen LogP contribution in [0.4, 0.5) is 0 Å². The number of hydrogen-bond donors (Lipinski definition) is 2. The maximum atomic E-state index is 12.0. The number of nitrogens with two attached hydrogens (primary N) is 1. The molecule has 4 aromatic rings. The fourth-order valence-corrected chi connectivity index (χ4v) is 2.70. The van der Waals surface area contributed by atoms with Crippen molar-refractivity contribution in [3.8, 4) is 11.3 Å². The van der Waals surface area contributed by atoms with Gasteiger partial charge in [0.25, 0.3) is 0 Å². The number of H-pyrrole nitrogens is 1. The van der Waals surface area contributed by atoms with Gasteiger partial charge in [0.05, 0.1) is 11.9 Å². The van der Waals surface area contributed by atoms with Crippen LogP contribution < -0.4 is 5.73 Å². The molecule has 1 amide bonds. The van der Waals surface area contributed by atoms with E-state index in [1.807, 2.05) is 36.4 Å². The van der Waals surface area contributed by atoms with E-state index in [1.165, 1.54) is 6.33 Å². The van der Waals surface area contributed by atoms with Crippen molar-refractivity contribution in [1.29, 1.82) is 0 Å². The van der Waals surface area contributed by atoms with E-state index in [0.717, 1.165) is 10.8 Å². The minimum atomic E-state index is -0.492. The summed E-state index contributed by atoms with van der Waals surface area (Å²) in [5, 5.41) is 1.75. The number of primary amides is 1. The molecule has 0 saturated carbocycles. The van der Waals surface area contributed by atoms with Gasteiger partial charge in [0, 0.05) is 5.56 Å². The van der Waals surface area contributed by atoms with E-state index in [1.54, 1.807) is 6.33 Å². The number of fused-ring (bicyclic) bond motifs is 2. The summed E-state index contributed by atoms with van der Waals surface area (Å²) in [6.45, 7) is 0. The number of hydrogen-bond acceptors (Lipinski definition) is 4. The molecule has 3 N–H and O–H groups in total. The molecule has 6 nitrogen and oxygen atoms in total. The number of aromatic nitrogens is 4. The molecule has 6 heteroatoms. The lowest BCUT2D eigenvalue weighted by atomic mass is 9.96. The molecule has 0 bridgehead atoms. The van der Waals surface area contributed by atoms with E-state index in [0.29, 0.717) is 28.0 Å². The van der Waals surface area contributed by atoms with Crippen molar-refractivity contribution in [2.45, 2.75) is 0 Å². The Labute approximate surface area is 125 Å². The zero-order chi connectivity index (χ0) is 15.1. The summed E-state index contributed by atoms with van der Waals surface area (Å²) in [6, 6.07) is 11.4. The van der Waals surface area contributed by atoms with Gasteiger partial charge in [-0.2, -0.15) is 0 Å². The van der Waals surface area contributed by atoms with E-state index in [-0.39, 0.29) is 0 Å². The molecule has 0 unspecified atom stereocenters. The summed E-state index contributed by atoms with van der Waals surface area (Å²) in [7, 11) is 0. The van der Waals surface area contributed by atoms with Crippen LogP contribution in [-0.2, 0) is 0 Å². The minimum Gasteiger partial charge on any atom is -0.366 e. The number of aromatic amines is 1. The van der Waals surface area contributed by atoms with E-state index < -0.39 is 5.91 Å². The Morgan fingerprint density at radius 2 is 1.91 bits per heavy atom. The second-order valence-electron chi connectivity index (χ2n) is 4.90. The molecule has 0 aliphatic rings. The second-order valence-corrected chi connectivity index (χ2v) is 4.90. The Kier molecular flexibility index (Phi) is 2.62. The number of rotatable bonds is 2. The fraction of sp³-hybridized carbons (Fsp3) is 0. The highest BCUT2D eigenvalue weighted by molar-refractivity contribution is 6.12. The Morgan fingerprint density at radius 3 is 2.77 bits per heavy atom. The summed E-state index contributed by atoms with van der Waals surface area (Å²) >= 11 is 0. The SMILES string of the molecule is NC(=O)c1c(-c2ncnc3[nH]cnc23)ccc2ccccc12. The molecule has 0 radical (unpaired) electrons. The molecule has 106 valence electrons. The van der Waals surface area contributed by atoms with E-state index in [9.17, 15) is 4.79 Å². The molecule has 0 fully saturated rings. The van der Waals surface area contributed by atoms with Crippen LogP contribution in [0.3, 0.4) is 0 Å². The zero-order valence-corrected chi connectivity index (χ0v) is 11.4. The maximum absolute atomic E-state index is 12.0. The van der Waals surface area contributed by atoms with Gasteiger partial charge in [0.15, 0.2) is 5.65 Å². The van der Waals surface area contributed by atoms with Gasteiger partial charge < -0.3 is 10.7 Å². The van der Waals surface area contributed by atoms with E-state index in [2.05, 4.69) is 19.9 Å². The lowest BCUT2D eigenvalue weighted by molar-refractivity contribution is 0.100. The standard InChI is InChI=1S/C16H11N5O/c17-15(22)12-10-4-2-1-3-9(10)5-6-11(12)13-14-16(20-7-18-13)21-8-19-14/h1-8H,(H2,17,22)(H,18,19,20,21). The van der Waals surface area contributed by atoms with Crippen LogP contribution in [0.2, 0.25) is 0 Å². The van der Waals surface area contributed by atoms with Gasteiger partial charge in [-0.3, -0.25) is 4.79 Å². The highest BCUT2D eigenvalue weighted by atomic mass is 16.1. The average Bonchev–Trinajstić information content (AvgIpc) is 3.02. The topological polar surface area (TPSA) is 97.5 Å². The average molecular weight is 289 g/mol. The predicted molar refractivity (Wildman–Crippen MR) is 83.1 cm³/mol. The van der Waals surface area contributed by atoms with Crippen molar-refractivity contribution in [2.24, 2.45) is 5.73 Å². The number of imidazole rings is 1. The normalized spacial score (nSPS) is 11.1. The summed E-state index contributed by atoms with van der Waals surface area (Å²) < 4.78 is 0. The molecular formula is C16H11N5O. The Bertz CT molecular complexity index is 1020. The molecular weight excluding hydrogens is 278 g/mol. The molecule has 0 saturated heterocycles. The van der Waals surface area contributed by atoms with Crippen LogP contribution in [0.25, 0.3) is 33.2 Å². The van der Waals surface area contributed by atoms with Gasteiger partial charge in [-0.25, -0.2) is 15.0 Å². The molecule has 22 heavy (non-hydrogen) atoms. The largest absolute Gasteiger partial charge is 0.366 e. The summed E-state index contributed by atoms with van der Waals surface area (Å²) in [6.07, 6.45) is 2.99. The number of amides is 1. The summed E-state index contributed by atoms with van der Waals surface area (Å²) in [4.78, 5) is 27.6. The van der Waals surface area contributed by atoms with Gasteiger partial charge in [-0.15, -0.1) is 0 Å². The monoisotopic (exact) mass is 289 g/mol. The molecule has 0 aliphatic carbocycles. The molecule has 2 heterocycles. The number of nitrogens with one attached hydrogen (secondary N) is 1. The van der Waals surface area contributed by atoms with Crippen LogP contribution >= 0.6 is 0 Å². The Morgan fingerprint density at radius 1 is 1.05 bits per heavy atom. The molecule has 0 aliphatic heterocycles. The first-order valence-corrected chi connectivity index (χ1v) is 6.71. The van der Waals surface area contributed by atoms with Crippen molar-refractivity contribution in [2.75, 3.05) is 0 Å². The number of carbonyl (C=O) groups excluding carboxylic acids is 1. The van der Waals surface area contributed by atoms with Gasteiger partial charge >= 0.3 is 0 Å². The van der Waals surface area contributed by atoms with Gasteiger partial charge in [-0.1, -0.05) is 36.4 Å². The molecule has 2 aromatic heterocycles. The highest BCUT2D eigenvalue weighted by Crippen LogP contribution is 2.31. The lowest BCUT2D eigenvalue weighted by Crippen LogP contribution is -2.13. The van der Waals surface area contributed by atoms with Gasteiger partial charge in [0.2, 0.25) is 5.91 Å². The number of nitrogens with zero attached hydrogens (tertiary/aromatic N) is 3. The summed E-state index contributed by atoms with van der Waals surface area (Å²) in [5.41, 5.74) is 8.55. The lowest BCUT2D eigenvalue weighted by Gasteiger charge is -2.10. The highest BCUT2D eigenvalue weighted by Gasteiger charge is 2.18. The minimum absolute atomic E-state index is 0.445. The van der Waals surface area contributed by atoms with Crippen LogP contribution in [0.5, 0.6) is 0 Å². The van der Waals surface area contributed by atoms with E-state index in [4.69, 9.17) is 5.73 Å². The molecule has 4 rings (SSSR count). The van der Waals surface area contributed by atoms with E-state index >= 15 is 0 Å².